The lowest BCUT2D eigenvalue weighted by Crippen LogP contribution is -2.54. The van der Waals surface area contributed by atoms with E-state index in [4.69, 9.17) is 23.8 Å². The summed E-state index contributed by atoms with van der Waals surface area (Å²) in [7, 11) is 0. The standard InChI is InChI=1S/C20H23ClN4O3S2/c21-17-15-7-6-14(25(27)28)12-16(15)30-18(17)19(26)23-8-10-24(11-9-23)20(29)22-13-4-2-1-3-5-13/h6-7,12-13H,1-5,8-11H2,(H,22,29). The number of thiocarbonyl (C=S) groups is 1. The van der Waals surface area contributed by atoms with Gasteiger partial charge in [-0.25, -0.2) is 0 Å². The van der Waals surface area contributed by atoms with Crippen molar-refractivity contribution in [1.82, 2.24) is 15.1 Å². The number of nitro groups is 1. The first-order valence-corrected chi connectivity index (χ1v) is 11.8. The Morgan fingerprint density at radius 3 is 2.50 bits per heavy atom. The van der Waals surface area contributed by atoms with E-state index in [1.807, 2.05) is 0 Å². The topological polar surface area (TPSA) is 78.7 Å². The first-order valence-electron chi connectivity index (χ1n) is 10.1. The molecule has 0 bridgehead atoms. The molecular formula is C20H23ClN4O3S2. The molecule has 1 N–H and O–H groups in total. The molecule has 1 saturated heterocycles. The van der Waals surface area contributed by atoms with Gasteiger partial charge >= 0.3 is 0 Å². The monoisotopic (exact) mass is 466 g/mol. The minimum absolute atomic E-state index is 0.00740. The fraction of sp³-hybridized carbons (Fsp3) is 0.500. The third-order valence-corrected chi connectivity index (χ3v) is 7.83. The molecule has 1 aromatic carbocycles. The minimum atomic E-state index is -0.446. The number of piperazine rings is 1. The SMILES string of the molecule is O=C(c1sc2cc([N+](=O)[O-])ccc2c1Cl)N1CCN(C(=S)NC2CCCCC2)CC1. The molecule has 1 amide bonds. The van der Waals surface area contributed by atoms with Gasteiger partial charge in [0, 0.05) is 54.4 Å². The van der Waals surface area contributed by atoms with Crippen molar-refractivity contribution >= 4 is 61.9 Å². The number of nitrogens with zero attached hydrogens (tertiary/aromatic N) is 3. The zero-order valence-corrected chi connectivity index (χ0v) is 18.8. The lowest BCUT2D eigenvalue weighted by atomic mass is 9.96. The van der Waals surface area contributed by atoms with Crippen LogP contribution in [0.1, 0.15) is 41.8 Å². The minimum Gasteiger partial charge on any atom is -0.360 e. The number of halogens is 1. The second kappa shape index (κ2) is 9.03. The van der Waals surface area contributed by atoms with Gasteiger partial charge in [0.25, 0.3) is 11.6 Å². The molecule has 2 fully saturated rings. The number of hydrogen-bond donors (Lipinski definition) is 1. The number of carbonyl (C=O) groups excluding carboxylic acids is 1. The lowest BCUT2D eigenvalue weighted by molar-refractivity contribution is -0.384. The molecule has 30 heavy (non-hydrogen) atoms. The fourth-order valence-electron chi connectivity index (χ4n) is 4.07. The Morgan fingerprint density at radius 2 is 1.83 bits per heavy atom. The number of thiophene rings is 1. The molecular weight excluding hydrogens is 444 g/mol. The van der Waals surface area contributed by atoms with Crippen molar-refractivity contribution in [2.75, 3.05) is 26.2 Å². The van der Waals surface area contributed by atoms with Gasteiger partial charge in [0.2, 0.25) is 0 Å². The molecule has 1 aliphatic carbocycles. The summed E-state index contributed by atoms with van der Waals surface area (Å²) in [6.45, 7) is 2.49. The molecule has 1 saturated carbocycles. The molecule has 2 aromatic rings. The van der Waals surface area contributed by atoms with Crippen molar-refractivity contribution in [3.8, 4) is 0 Å². The molecule has 0 atom stereocenters. The maximum atomic E-state index is 13.1. The molecule has 4 rings (SSSR count). The van der Waals surface area contributed by atoms with E-state index in [1.54, 1.807) is 11.0 Å². The molecule has 0 unspecified atom stereocenters. The van der Waals surface area contributed by atoms with Gasteiger partial charge in [-0.15, -0.1) is 11.3 Å². The van der Waals surface area contributed by atoms with E-state index in [9.17, 15) is 14.9 Å². The Morgan fingerprint density at radius 1 is 1.17 bits per heavy atom. The lowest BCUT2D eigenvalue weighted by Gasteiger charge is -2.37. The van der Waals surface area contributed by atoms with Gasteiger partial charge in [-0.2, -0.15) is 0 Å². The summed E-state index contributed by atoms with van der Waals surface area (Å²) in [6, 6.07) is 4.95. The summed E-state index contributed by atoms with van der Waals surface area (Å²) >= 11 is 13.2. The van der Waals surface area contributed by atoms with E-state index in [-0.39, 0.29) is 11.6 Å². The Kier molecular flexibility index (Phi) is 6.40. The quantitative estimate of drug-likeness (QED) is 0.409. The largest absolute Gasteiger partial charge is 0.360 e. The van der Waals surface area contributed by atoms with Crippen LogP contribution in [0.15, 0.2) is 18.2 Å². The maximum absolute atomic E-state index is 13.1. The Bertz CT molecular complexity index is 982. The number of benzene rings is 1. The van der Waals surface area contributed by atoms with Crippen molar-refractivity contribution in [3.63, 3.8) is 0 Å². The highest BCUT2D eigenvalue weighted by Crippen LogP contribution is 2.38. The van der Waals surface area contributed by atoms with Crippen LogP contribution in [0.2, 0.25) is 5.02 Å². The molecule has 2 heterocycles. The van der Waals surface area contributed by atoms with Crippen LogP contribution in [0, 0.1) is 10.1 Å². The van der Waals surface area contributed by atoms with Gasteiger partial charge in [-0.05, 0) is 31.1 Å². The van der Waals surface area contributed by atoms with Gasteiger partial charge in [-0.1, -0.05) is 30.9 Å². The van der Waals surface area contributed by atoms with Crippen LogP contribution in [0.4, 0.5) is 5.69 Å². The normalized spacial score (nSPS) is 17.9. The van der Waals surface area contributed by atoms with Crippen LogP contribution in [0.3, 0.4) is 0 Å². The van der Waals surface area contributed by atoms with E-state index < -0.39 is 4.92 Å². The molecule has 160 valence electrons. The van der Waals surface area contributed by atoms with Gasteiger partial charge < -0.3 is 15.1 Å². The fourth-order valence-corrected chi connectivity index (χ4v) is 5.94. The summed E-state index contributed by atoms with van der Waals surface area (Å²) in [6.07, 6.45) is 6.14. The summed E-state index contributed by atoms with van der Waals surface area (Å²) in [5.41, 5.74) is -0.00740. The van der Waals surface area contributed by atoms with Gasteiger partial charge in [0.15, 0.2) is 5.11 Å². The van der Waals surface area contributed by atoms with Crippen LogP contribution in [0.25, 0.3) is 10.1 Å². The summed E-state index contributed by atoms with van der Waals surface area (Å²) in [4.78, 5) is 28.0. The number of hydrogen-bond acceptors (Lipinski definition) is 5. The van der Waals surface area contributed by atoms with Crippen molar-refractivity contribution in [3.05, 3.63) is 38.2 Å². The van der Waals surface area contributed by atoms with Gasteiger partial charge in [0.05, 0.1) is 9.95 Å². The molecule has 10 heteroatoms. The summed E-state index contributed by atoms with van der Waals surface area (Å²) < 4.78 is 0.647. The highest BCUT2D eigenvalue weighted by molar-refractivity contribution is 7.80. The predicted molar refractivity (Wildman–Crippen MR) is 124 cm³/mol. The molecule has 2 aliphatic rings. The molecule has 7 nitrogen and oxygen atoms in total. The van der Waals surface area contributed by atoms with Crippen LogP contribution in [0.5, 0.6) is 0 Å². The summed E-state index contributed by atoms with van der Waals surface area (Å²) in [5.74, 6) is -0.130. The first kappa shape index (κ1) is 21.3. The summed E-state index contributed by atoms with van der Waals surface area (Å²) in [5, 5.41) is 16.3. The van der Waals surface area contributed by atoms with E-state index >= 15 is 0 Å². The number of amides is 1. The van der Waals surface area contributed by atoms with Crippen molar-refractivity contribution in [2.24, 2.45) is 0 Å². The molecule has 0 spiro atoms. The van der Waals surface area contributed by atoms with Crippen molar-refractivity contribution in [1.29, 1.82) is 0 Å². The maximum Gasteiger partial charge on any atom is 0.270 e. The third-order valence-electron chi connectivity index (χ3n) is 5.80. The first-order chi connectivity index (χ1) is 14.4. The average Bonchev–Trinajstić information content (AvgIpc) is 3.10. The zero-order chi connectivity index (χ0) is 21.3. The van der Waals surface area contributed by atoms with Crippen LogP contribution in [-0.4, -0.2) is 58.0 Å². The van der Waals surface area contributed by atoms with E-state index in [0.717, 1.165) is 5.11 Å². The third kappa shape index (κ3) is 4.38. The Balaban J connectivity index is 1.40. The number of nitro benzene ring substituents is 1. The van der Waals surface area contributed by atoms with E-state index in [0.29, 0.717) is 52.2 Å². The number of fused-ring (bicyclic) bond motifs is 1. The Hall–Kier alpha value is -1.97. The van der Waals surface area contributed by atoms with Gasteiger partial charge in [0.1, 0.15) is 4.88 Å². The van der Waals surface area contributed by atoms with Crippen molar-refractivity contribution in [2.45, 2.75) is 38.1 Å². The van der Waals surface area contributed by atoms with Crippen LogP contribution in [-0.2, 0) is 0 Å². The number of nitrogens with one attached hydrogen (secondary N) is 1. The molecule has 0 radical (unpaired) electrons. The molecule has 1 aromatic heterocycles. The molecule has 1 aliphatic heterocycles. The van der Waals surface area contributed by atoms with E-state index in [2.05, 4.69) is 10.2 Å². The van der Waals surface area contributed by atoms with Gasteiger partial charge in [-0.3, -0.25) is 14.9 Å². The highest BCUT2D eigenvalue weighted by atomic mass is 35.5. The smallest absolute Gasteiger partial charge is 0.270 e. The van der Waals surface area contributed by atoms with Crippen LogP contribution >= 0.6 is 35.2 Å². The number of carbonyl (C=O) groups is 1. The second-order valence-corrected chi connectivity index (χ2v) is 9.56. The van der Waals surface area contributed by atoms with Crippen molar-refractivity contribution < 1.29 is 9.72 Å². The number of non-ortho nitro benzene ring substituents is 1. The number of rotatable bonds is 3. The highest BCUT2D eigenvalue weighted by Gasteiger charge is 2.28. The Labute approximate surface area is 189 Å². The van der Waals surface area contributed by atoms with Crippen LogP contribution < -0.4 is 5.32 Å². The average molecular weight is 467 g/mol. The zero-order valence-electron chi connectivity index (χ0n) is 16.4. The van der Waals surface area contributed by atoms with E-state index in [1.165, 1.54) is 55.6 Å². The predicted octanol–water partition coefficient (Wildman–Crippen LogP) is 4.43. The second-order valence-electron chi connectivity index (χ2n) is 7.75.